The molecule has 3 atom stereocenters. The molecule has 210 valence electrons. The molecule has 0 bridgehead atoms. The van der Waals surface area contributed by atoms with Crippen molar-refractivity contribution in [3.05, 3.63) is 58.3 Å². The Morgan fingerprint density at radius 2 is 1.92 bits per heavy atom. The molecule has 2 aromatic rings. The van der Waals surface area contributed by atoms with Crippen LogP contribution in [0.25, 0.3) is 0 Å². The monoisotopic (exact) mass is 592 g/mol. The summed E-state index contributed by atoms with van der Waals surface area (Å²) in [5, 5.41) is 6.85. The molecule has 3 unspecified atom stereocenters. The van der Waals surface area contributed by atoms with E-state index in [4.69, 9.17) is 23.2 Å². The number of nitrogens with one attached hydrogen (secondary N) is 2. The number of piperazine rings is 1. The first-order valence-corrected chi connectivity index (χ1v) is 14.6. The van der Waals surface area contributed by atoms with Crippen LogP contribution in [0.1, 0.15) is 32.3 Å². The quantitative estimate of drug-likeness (QED) is 0.376. The molecule has 3 aliphatic rings. The highest BCUT2D eigenvalue weighted by Gasteiger charge is 2.51. The van der Waals surface area contributed by atoms with Crippen molar-refractivity contribution in [1.82, 2.24) is 29.7 Å². The number of nitrogens with zero attached hydrogens (tertiary/aromatic N) is 4. The molecule has 9 nitrogen and oxygen atoms in total. The summed E-state index contributed by atoms with van der Waals surface area (Å²) >= 11 is 13.9. The fourth-order valence-electron chi connectivity index (χ4n) is 4.96. The summed E-state index contributed by atoms with van der Waals surface area (Å²) in [6, 6.07) is 7.37. The minimum absolute atomic E-state index is 0.0436. The molecule has 12 heteroatoms. The Hall–Kier alpha value is -2.37. The van der Waals surface area contributed by atoms with Crippen molar-refractivity contribution in [2.75, 3.05) is 26.2 Å². The lowest BCUT2D eigenvalue weighted by Gasteiger charge is -2.54. The van der Waals surface area contributed by atoms with Crippen LogP contribution in [-0.2, 0) is 20.8 Å². The van der Waals surface area contributed by atoms with E-state index in [1.54, 1.807) is 40.4 Å². The number of aromatic nitrogens is 1. The first-order valence-electron chi connectivity index (χ1n) is 13.1. The van der Waals surface area contributed by atoms with Crippen LogP contribution in [0, 0.1) is 0 Å². The van der Waals surface area contributed by atoms with Crippen LogP contribution in [0.3, 0.4) is 0 Å². The number of rotatable bonds is 7. The van der Waals surface area contributed by atoms with Gasteiger partial charge in [-0.1, -0.05) is 29.3 Å². The number of halogens is 2. The smallest absolute Gasteiger partial charge is 0.248 e. The Labute approximate surface area is 243 Å². The third-order valence-corrected chi connectivity index (χ3v) is 8.78. The number of amides is 3. The standard InChI is InChI=1S/C23H25Cl2N5O3S.C4H9N/c1-14(2)28-12-21-29(34-20-6-5-16(24)9-17(20)25)11-18(27-13-31)22(32)30(21)19(23(28)33)8-15-4-3-7-26-10-15;1-2-4-5-3-1/h3-7,9-10,13-14,18-19,21H,8,11-12H2,1-2H3,(H,27,31);5H,1-4H2. The lowest BCUT2D eigenvalue weighted by molar-refractivity contribution is -0.168. The van der Waals surface area contributed by atoms with Crippen molar-refractivity contribution < 1.29 is 14.4 Å². The van der Waals surface area contributed by atoms with E-state index < -0.39 is 18.2 Å². The molecular weight excluding hydrogens is 559 g/mol. The molecule has 3 aliphatic heterocycles. The van der Waals surface area contributed by atoms with Gasteiger partial charge in [-0.2, -0.15) is 0 Å². The van der Waals surface area contributed by atoms with Crippen molar-refractivity contribution in [2.24, 2.45) is 0 Å². The van der Waals surface area contributed by atoms with Gasteiger partial charge in [-0.05, 0) is 81.6 Å². The Balaban J connectivity index is 0.000000634. The Morgan fingerprint density at radius 1 is 1.15 bits per heavy atom. The van der Waals surface area contributed by atoms with E-state index in [1.807, 2.05) is 30.3 Å². The van der Waals surface area contributed by atoms with Crippen molar-refractivity contribution >= 4 is 53.4 Å². The third kappa shape index (κ3) is 7.24. The van der Waals surface area contributed by atoms with Gasteiger partial charge in [0.05, 0.1) is 11.6 Å². The highest BCUT2D eigenvalue weighted by molar-refractivity contribution is 7.97. The van der Waals surface area contributed by atoms with Crippen LogP contribution in [0.5, 0.6) is 0 Å². The third-order valence-electron chi connectivity index (χ3n) is 6.94. The maximum Gasteiger partial charge on any atom is 0.248 e. The van der Waals surface area contributed by atoms with E-state index >= 15 is 0 Å². The Kier molecular flexibility index (Phi) is 10.5. The summed E-state index contributed by atoms with van der Waals surface area (Å²) in [5.41, 5.74) is 0.850. The minimum Gasteiger partial charge on any atom is -0.346 e. The van der Waals surface area contributed by atoms with Gasteiger partial charge < -0.3 is 20.4 Å². The van der Waals surface area contributed by atoms with E-state index in [1.165, 1.54) is 37.9 Å². The van der Waals surface area contributed by atoms with E-state index in [0.29, 0.717) is 29.4 Å². The maximum absolute atomic E-state index is 13.6. The van der Waals surface area contributed by atoms with Crippen LogP contribution < -0.4 is 10.6 Å². The van der Waals surface area contributed by atoms with E-state index in [0.717, 1.165) is 10.5 Å². The Bertz CT molecular complexity index is 1150. The molecule has 3 amide bonds. The summed E-state index contributed by atoms with van der Waals surface area (Å²) < 4.78 is 2.01. The van der Waals surface area contributed by atoms with E-state index in [-0.39, 0.29) is 24.4 Å². The molecule has 5 rings (SSSR count). The molecule has 0 saturated carbocycles. The van der Waals surface area contributed by atoms with Gasteiger partial charge in [0.15, 0.2) is 0 Å². The summed E-state index contributed by atoms with van der Waals surface area (Å²) in [4.78, 5) is 46.7. The second kappa shape index (κ2) is 13.8. The highest BCUT2D eigenvalue weighted by Crippen LogP contribution is 2.38. The molecule has 1 aromatic heterocycles. The maximum atomic E-state index is 13.6. The van der Waals surface area contributed by atoms with Crippen molar-refractivity contribution in [1.29, 1.82) is 0 Å². The lowest BCUT2D eigenvalue weighted by Crippen LogP contribution is -2.74. The van der Waals surface area contributed by atoms with Gasteiger partial charge >= 0.3 is 0 Å². The van der Waals surface area contributed by atoms with Crippen LogP contribution in [0.4, 0.5) is 0 Å². The normalized spacial score (nSPS) is 23.4. The SMILES string of the molecule is C1CCNC1.CC(C)N1CC2N(Sc3ccc(Cl)cc3Cl)CC(NC=O)C(=O)N2C(Cc2cccnc2)C1=O. The zero-order valence-corrected chi connectivity index (χ0v) is 24.4. The van der Waals surface area contributed by atoms with Crippen LogP contribution >= 0.6 is 35.1 Å². The fourth-order valence-corrected chi connectivity index (χ4v) is 6.51. The first-order chi connectivity index (χ1) is 18.8. The van der Waals surface area contributed by atoms with Crippen LogP contribution in [-0.4, -0.2) is 87.8 Å². The van der Waals surface area contributed by atoms with Gasteiger partial charge in [-0.3, -0.25) is 19.4 Å². The summed E-state index contributed by atoms with van der Waals surface area (Å²) in [5.74, 6) is -0.397. The van der Waals surface area contributed by atoms with Gasteiger partial charge in [0.25, 0.3) is 0 Å². The summed E-state index contributed by atoms with van der Waals surface area (Å²) in [7, 11) is 0. The molecule has 2 N–H and O–H groups in total. The number of hydrogen-bond acceptors (Lipinski definition) is 7. The zero-order chi connectivity index (χ0) is 27.9. The highest BCUT2D eigenvalue weighted by atomic mass is 35.5. The van der Waals surface area contributed by atoms with Gasteiger partial charge in [0.2, 0.25) is 18.2 Å². The molecule has 0 aliphatic carbocycles. The lowest BCUT2D eigenvalue weighted by atomic mass is 9.97. The van der Waals surface area contributed by atoms with Crippen molar-refractivity contribution in [2.45, 2.75) is 62.3 Å². The second-order valence-corrected chi connectivity index (χ2v) is 11.9. The van der Waals surface area contributed by atoms with Crippen molar-refractivity contribution in [3.63, 3.8) is 0 Å². The molecule has 3 fully saturated rings. The molecule has 3 saturated heterocycles. The zero-order valence-electron chi connectivity index (χ0n) is 22.1. The van der Waals surface area contributed by atoms with Gasteiger partial charge in [0, 0.05) is 41.3 Å². The number of pyridine rings is 1. The molecule has 1 aromatic carbocycles. The average Bonchev–Trinajstić information content (AvgIpc) is 3.50. The van der Waals surface area contributed by atoms with Crippen LogP contribution in [0.15, 0.2) is 47.6 Å². The number of fused-ring (bicyclic) bond motifs is 1. The average molecular weight is 594 g/mol. The first kappa shape index (κ1) is 29.6. The van der Waals surface area contributed by atoms with Crippen molar-refractivity contribution in [3.8, 4) is 0 Å². The van der Waals surface area contributed by atoms with Gasteiger partial charge in [0.1, 0.15) is 18.2 Å². The van der Waals surface area contributed by atoms with E-state index in [2.05, 4.69) is 15.6 Å². The largest absolute Gasteiger partial charge is 0.346 e. The number of carbonyl (C=O) groups excluding carboxylic acids is 3. The summed E-state index contributed by atoms with van der Waals surface area (Å²) in [6.07, 6.45) is 6.58. The summed E-state index contributed by atoms with van der Waals surface area (Å²) in [6.45, 7) is 7.03. The molecule has 0 radical (unpaired) electrons. The Morgan fingerprint density at radius 3 is 2.51 bits per heavy atom. The number of hydrogen-bond donors (Lipinski definition) is 2. The predicted octanol–water partition coefficient (Wildman–Crippen LogP) is 3.21. The fraction of sp³-hybridized carbons (Fsp3) is 0.481. The molecule has 39 heavy (non-hydrogen) atoms. The molecule has 0 spiro atoms. The number of carbonyl (C=O) groups is 3. The van der Waals surface area contributed by atoms with Gasteiger partial charge in [-0.15, -0.1) is 0 Å². The topological polar surface area (TPSA) is 97.9 Å². The predicted molar refractivity (Wildman–Crippen MR) is 153 cm³/mol. The van der Waals surface area contributed by atoms with E-state index in [9.17, 15) is 14.4 Å². The van der Waals surface area contributed by atoms with Gasteiger partial charge in [-0.25, -0.2) is 4.31 Å². The molecular formula is C27H34Cl2N6O3S. The molecule has 4 heterocycles. The number of benzene rings is 1. The minimum atomic E-state index is -0.790. The second-order valence-electron chi connectivity index (χ2n) is 9.95. The van der Waals surface area contributed by atoms with Crippen LogP contribution in [0.2, 0.25) is 10.0 Å².